The Labute approximate surface area is 91.5 Å². The van der Waals surface area contributed by atoms with E-state index >= 15 is 0 Å². The zero-order chi connectivity index (χ0) is 10.7. The lowest BCUT2D eigenvalue weighted by atomic mass is 9.97. The van der Waals surface area contributed by atoms with E-state index in [1.165, 1.54) is 21.6 Å². The smallest absolute Gasteiger partial charge is 0.0302 e. The molecule has 1 heteroatoms. The van der Waals surface area contributed by atoms with E-state index in [9.17, 15) is 0 Å². The molecule has 0 aliphatic carbocycles. The molecular weight excluding hydrogens is 188 g/mol. The van der Waals surface area contributed by atoms with Crippen LogP contribution in [0.15, 0.2) is 45.8 Å². The third-order valence-electron chi connectivity index (χ3n) is 2.34. The van der Waals surface area contributed by atoms with Crippen molar-refractivity contribution >= 4 is 11.8 Å². The lowest BCUT2D eigenvalue weighted by Crippen LogP contribution is -1.97. The van der Waals surface area contributed by atoms with Crippen LogP contribution in [0.5, 0.6) is 0 Å². The quantitative estimate of drug-likeness (QED) is 0.591. The second-order valence-electron chi connectivity index (χ2n) is 3.95. The number of allylic oxidation sites excluding steroid dienone is 6. The minimum atomic E-state index is 0.489. The van der Waals surface area contributed by atoms with Gasteiger partial charge >= 0.3 is 0 Å². The summed E-state index contributed by atoms with van der Waals surface area (Å²) in [5.41, 5.74) is 4.11. The third-order valence-corrected chi connectivity index (χ3v) is 3.66. The third kappa shape index (κ3) is 2.42. The maximum absolute atomic E-state index is 3.83. The van der Waals surface area contributed by atoms with Crippen molar-refractivity contribution in [3.05, 3.63) is 45.8 Å². The summed E-state index contributed by atoms with van der Waals surface area (Å²) in [7, 11) is 0. The molecule has 1 heterocycles. The van der Waals surface area contributed by atoms with Crippen LogP contribution < -0.4 is 0 Å². The van der Waals surface area contributed by atoms with E-state index in [0.29, 0.717) is 5.92 Å². The molecule has 0 saturated carbocycles. The molecule has 1 rings (SSSR count). The lowest BCUT2D eigenvalue weighted by molar-refractivity contribution is 0.941. The number of hydrogen-bond donors (Lipinski definition) is 0. The summed E-state index contributed by atoms with van der Waals surface area (Å²) < 4.78 is 0. The van der Waals surface area contributed by atoms with E-state index in [0.717, 1.165) is 0 Å². The van der Waals surface area contributed by atoms with Crippen LogP contribution in [-0.4, -0.2) is 0 Å². The average Bonchev–Trinajstić information content (AvgIpc) is 2.46. The van der Waals surface area contributed by atoms with Gasteiger partial charge in [-0.1, -0.05) is 29.9 Å². The highest BCUT2D eigenvalue weighted by atomic mass is 32.2. The van der Waals surface area contributed by atoms with Crippen LogP contribution in [0.1, 0.15) is 27.7 Å². The minimum Gasteiger partial charge on any atom is -0.101 e. The molecule has 0 amide bonds. The molecule has 0 spiro atoms. The predicted molar refractivity (Wildman–Crippen MR) is 67.2 cm³/mol. The highest BCUT2D eigenvalue weighted by molar-refractivity contribution is 8.06. The van der Waals surface area contributed by atoms with Gasteiger partial charge in [0.05, 0.1) is 0 Å². The Hall–Kier alpha value is -0.690. The van der Waals surface area contributed by atoms with Gasteiger partial charge in [-0.05, 0) is 38.7 Å². The topological polar surface area (TPSA) is 0 Å². The first-order valence-electron chi connectivity index (χ1n) is 4.87. The van der Waals surface area contributed by atoms with Crippen LogP contribution >= 0.6 is 11.8 Å². The van der Waals surface area contributed by atoms with Crippen LogP contribution in [0.3, 0.4) is 0 Å². The molecule has 0 bridgehead atoms. The van der Waals surface area contributed by atoms with Gasteiger partial charge in [0.25, 0.3) is 0 Å². The highest BCUT2D eigenvalue weighted by Crippen LogP contribution is 2.42. The maximum atomic E-state index is 3.83. The average molecular weight is 206 g/mol. The van der Waals surface area contributed by atoms with Gasteiger partial charge in [-0.2, -0.15) is 0 Å². The fourth-order valence-electron chi connectivity index (χ4n) is 1.49. The van der Waals surface area contributed by atoms with Gasteiger partial charge in [0.1, 0.15) is 0 Å². The Kier molecular flexibility index (Phi) is 3.82. The Bertz CT molecular complexity index is 325. The summed E-state index contributed by atoms with van der Waals surface area (Å²) in [6.45, 7) is 12.5. The first kappa shape index (κ1) is 11.4. The predicted octanol–water partition coefficient (Wildman–Crippen LogP) is 4.68. The van der Waals surface area contributed by atoms with Crippen molar-refractivity contribution in [1.82, 2.24) is 0 Å². The largest absolute Gasteiger partial charge is 0.101 e. The fourth-order valence-corrected chi connectivity index (χ4v) is 2.62. The summed E-state index contributed by atoms with van der Waals surface area (Å²) in [6, 6.07) is 0. The van der Waals surface area contributed by atoms with Crippen molar-refractivity contribution in [2.45, 2.75) is 27.7 Å². The maximum Gasteiger partial charge on any atom is 0.0302 e. The summed E-state index contributed by atoms with van der Waals surface area (Å²) in [5, 5.41) is 2.24. The van der Waals surface area contributed by atoms with Crippen molar-refractivity contribution in [2.75, 3.05) is 0 Å². The van der Waals surface area contributed by atoms with Gasteiger partial charge in [0.2, 0.25) is 0 Å². The number of hydrogen-bond acceptors (Lipinski definition) is 1. The second kappa shape index (κ2) is 4.70. The molecule has 1 unspecified atom stereocenters. The molecule has 14 heavy (non-hydrogen) atoms. The summed E-state index contributed by atoms with van der Waals surface area (Å²) in [4.78, 5) is 1.43. The van der Waals surface area contributed by atoms with Gasteiger partial charge in [0, 0.05) is 10.8 Å². The van der Waals surface area contributed by atoms with Gasteiger partial charge < -0.3 is 0 Å². The van der Waals surface area contributed by atoms with E-state index in [1.807, 2.05) is 17.8 Å². The second-order valence-corrected chi connectivity index (χ2v) is 4.86. The molecule has 0 N–H and O–H groups in total. The number of thioether (sulfide) groups is 1. The molecule has 1 aliphatic rings. The van der Waals surface area contributed by atoms with Crippen LogP contribution in [0, 0.1) is 5.92 Å². The van der Waals surface area contributed by atoms with E-state index in [4.69, 9.17) is 0 Å². The lowest BCUT2D eigenvalue weighted by Gasteiger charge is -2.11. The molecule has 1 aliphatic heterocycles. The molecule has 0 aromatic carbocycles. The van der Waals surface area contributed by atoms with Gasteiger partial charge in [-0.3, -0.25) is 0 Å². The fraction of sp³-hybridized carbons (Fsp3) is 0.385. The normalized spacial score (nSPS) is 24.3. The Balaban J connectivity index is 3.04. The van der Waals surface area contributed by atoms with Crippen LogP contribution in [0.25, 0.3) is 0 Å². The van der Waals surface area contributed by atoms with Crippen molar-refractivity contribution in [3.8, 4) is 0 Å². The minimum absolute atomic E-state index is 0.489. The Morgan fingerprint density at radius 1 is 1.43 bits per heavy atom. The molecule has 0 nitrogen and oxygen atoms in total. The number of rotatable bonds is 2. The summed E-state index contributed by atoms with van der Waals surface area (Å²) >= 11 is 1.83. The van der Waals surface area contributed by atoms with Crippen molar-refractivity contribution in [1.29, 1.82) is 0 Å². The van der Waals surface area contributed by atoms with E-state index in [2.05, 4.69) is 45.8 Å². The SMILES string of the molecule is C=C/C(C)=C1/SC=C(C)C1C=C(C)C. The molecule has 0 aromatic heterocycles. The van der Waals surface area contributed by atoms with E-state index < -0.39 is 0 Å². The molecule has 1 atom stereocenters. The van der Waals surface area contributed by atoms with Crippen molar-refractivity contribution in [3.63, 3.8) is 0 Å². The monoisotopic (exact) mass is 206 g/mol. The molecule has 0 saturated heterocycles. The van der Waals surface area contributed by atoms with Crippen LogP contribution in [-0.2, 0) is 0 Å². The van der Waals surface area contributed by atoms with E-state index in [1.54, 1.807) is 0 Å². The molecule has 0 fully saturated rings. The van der Waals surface area contributed by atoms with Gasteiger partial charge in [0.15, 0.2) is 0 Å². The van der Waals surface area contributed by atoms with Crippen LogP contribution in [0.2, 0.25) is 0 Å². The first-order valence-corrected chi connectivity index (χ1v) is 5.75. The molecular formula is C13H18S. The Morgan fingerprint density at radius 3 is 2.57 bits per heavy atom. The van der Waals surface area contributed by atoms with Crippen molar-refractivity contribution in [2.24, 2.45) is 5.92 Å². The molecule has 76 valence electrons. The molecule has 0 aromatic rings. The van der Waals surface area contributed by atoms with Crippen molar-refractivity contribution < 1.29 is 0 Å². The van der Waals surface area contributed by atoms with E-state index in [-0.39, 0.29) is 0 Å². The summed E-state index contributed by atoms with van der Waals surface area (Å²) in [6.07, 6.45) is 4.27. The van der Waals surface area contributed by atoms with Gasteiger partial charge in [-0.25, -0.2) is 0 Å². The zero-order valence-electron chi connectivity index (χ0n) is 9.42. The standard InChI is InChI=1S/C13H18S/c1-6-10(4)13-12(7-9(2)3)11(5)8-14-13/h6-8,12H,1H2,2-5H3/b13-10+. The zero-order valence-corrected chi connectivity index (χ0v) is 10.2. The molecule has 0 radical (unpaired) electrons. The Morgan fingerprint density at radius 2 is 2.07 bits per heavy atom. The van der Waals surface area contributed by atoms with Crippen LogP contribution in [0.4, 0.5) is 0 Å². The van der Waals surface area contributed by atoms with Gasteiger partial charge in [-0.15, -0.1) is 11.8 Å². The highest BCUT2D eigenvalue weighted by Gasteiger charge is 2.20. The first-order chi connectivity index (χ1) is 6.56. The summed E-state index contributed by atoms with van der Waals surface area (Å²) in [5.74, 6) is 0.489.